The Labute approximate surface area is 144 Å². The highest BCUT2D eigenvalue weighted by molar-refractivity contribution is 5.72. The molecule has 0 aliphatic heterocycles. The van der Waals surface area contributed by atoms with E-state index in [0.717, 1.165) is 38.5 Å². The van der Waals surface area contributed by atoms with Gasteiger partial charge in [0.2, 0.25) is 0 Å². The SMILES string of the molecule is NCCCCC(N)C(=O)O.NCCCCNO.NCCCCNO. The van der Waals surface area contributed by atoms with Gasteiger partial charge in [-0.1, -0.05) is 6.42 Å². The molecule has 13 N–H and O–H groups in total. The maximum Gasteiger partial charge on any atom is 0.320 e. The number of carboxylic acid groups (broad SMARTS) is 1. The van der Waals surface area contributed by atoms with Gasteiger partial charge in [-0.25, -0.2) is 11.0 Å². The van der Waals surface area contributed by atoms with Crippen LogP contribution in [-0.4, -0.2) is 60.3 Å². The minimum Gasteiger partial charge on any atom is -0.480 e. The predicted molar refractivity (Wildman–Crippen MR) is 94.7 cm³/mol. The van der Waals surface area contributed by atoms with Gasteiger partial charge in [0, 0.05) is 13.1 Å². The van der Waals surface area contributed by atoms with E-state index in [1.165, 1.54) is 0 Å². The maximum absolute atomic E-state index is 10.1. The molecule has 148 valence electrons. The van der Waals surface area contributed by atoms with Crippen molar-refractivity contribution in [2.24, 2.45) is 22.9 Å². The second-order valence-electron chi connectivity index (χ2n) is 5.04. The van der Waals surface area contributed by atoms with Crippen LogP contribution in [0.2, 0.25) is 0 Å². The Kier molecular flexibility index (Phi) is 31.5. The zero-order valence-electron chi connectivity index (χ0n) is 14.6. The minimum absolute atomic E-state index is 0.520. The molecule has 0 saturated carbocycles. The molecule has 10 heteroatoms. The van der Waals surface area contributed by atoms with Gasteiger partial charge >= 0.3 is 5.97 Å². The Morgan fingerprint density at radius 3 is 1.46 bits per heavy atom. The zero-order valence-corrected chi connectivity index (χ0v) is 14.6. The van der Waals surface area contributed by atoms with E-state index in [1.807, 2.05) is 11.0 Å². The average Bonchev–Trinajstić information content (AvgIpc) is 2.57. The molecule has 24 heavy (non-hydrogen) atoms. The molecule has 0 heterocycles. The van der Waals surface area contributed by atoms with E-state index in [2.05, 4.69) is 0 Å². The molecule has 1 atom stereocenters. The summed E-state index contributed by atoms with van der Waals surface area (Å²) in [5.74, 6) is -0.933. The Morgan fingerprint density at radius 1 is 0.792 bits per heavy atom. The van der Waals surface area contributed by atoms with Gasteiger partial charge in [-0.15, -0.1) is 0 Å². The number of aliphatic carboxylic acids is 1. The quantitative estimate of drug-likeness (QED) is 0.145. The minimum atomic E-state index is -0.933. The fraction of sp³-hybridized carbons (Fsp3) is 0.929. The summed E-state index contributed by atoms with van der Waals surface area (Å²) in [6, 6.07) is -0.716. The number of rotatable bonds is 13. The number of hydroxylamine groups is 2. The second kappa shape index (κ2) is 27.0. The molecule has 0 bridgehead atoms. The van der Waals surface area contributed by atoms with Gasteiger partial charge in [0.25, 0.3) is 0 Å². The molecule has 0 aromatic heterocycles. The molecule has 0 saturated heterocycles. The van der Waals surface area contributed by atoms with Crippen molar-refractivity contribution in [3.8, 4) is 0 Å². The van der Waals surface area contributed by atoms with Crippen molar-refractivity contribution in [1.82, 2.24) is 11.0 Å². The molecule has 10 nitrogen and oxygen atoms in total. The first-order valence-corrected chi connectivity index (χ1v) is 8.34. The highest BCUT2D eigenvalue weighted by Crippen LogP contribution is 1.96. The lowest BCUT2D eigenvalue weighted by Gasteiger charge is -2.03. The van der Waals surface area contributed by atoms with Crippen LogP contribution in [-0.2, 0) is 4.79 Å². The summed E-state index contributed by atoms with van der Waals surface area (Å²) < 4.78 is 0. The highest BCUT2D eigenvalue weighted by Gasteiger charge is 2.09. The third-order valence-corrected chi connectivity index (χ3v) is 2.77. The number of hydrogen-bond acceptors (Lipinski definition) is 9. The van der Waals surface area contributed by atoms with E-state index in [0.29, 0.717) is 39.1 Å². The van der Waals surface area contributed by atoms with Crippen LogP contribution in [0.5, 0.6) is 0 Å². The van der Waals surface area contributed by atoms with Crippen LogP contribution in [0.4, 0.5) is 0 Å². The number of nitrogens with two attached hydrogens (primary N) is 4. The summed E-state index contributed by atoms with van der Waals surface area (Å²) in [6.45, 7) is 3.32. The number of nitrogens with one attached hydrogen (secondary N) is 2. The van der Waals surface area contributed by atoms with Crippen molar-refractivity contribution in [2.75, 3.05) is 32.7 Å². The Hall–Kier alpha value is -0.850. The second-order valence-corrected chi connectivity index (χ2v) is 5.04. The highest BCUT2D eigenvalue weighted by atomic mass is 16.5. The third-order valence-electron chi connectivity index (χ3n) is 2.77. The van der Waals surface area contributed by atoms with Crippen molar-refractivity contribution in [3.63, 3.8) is 0 Å². The molecular weight excluding hydrogens is 316 g/mol. The molecule has 0 aromatic rings. The molecule has 0 aliphatic carbocycles. The standard InChI is InChI=1S/C6H14N2O2.2C4H12N2O/c7-4-2-1-3-5(8)6(9)10;2*5-3-1-2-4-6-7/h5H,1-4,7-8H2,(H,9,10);2*6-7H,1-5H2. The van der Waals surface area contributed by atoms with Crippen LogP contribution in [0.15, 0.2) is 0 Å². The van der Waals surface area contributed by atoms with E-state index in [-0.39, 0.29) is 0 Å². The summed E-state index contributed by atoms with van der Waals surface area (Å²) in [4.78, 5) is 10.1. The molecule has 0 radical (unpaired) electrons. The van der Waals surface area contributed by atoms with E-state index >= 15 is 0 Å². The van der Waals surface area contributed by atoms with Crippen LogP contribution in [0.1, 0.15) is 44.9 Å². The Bertz CT molecular complexity index is 219. The smallest absolute Gasteiger partial charge is 0.320 e. The van der Waals surface area contributed by atoms with Crippen molar-refractivity contribution < 1.29 is 20.3 Å². The van der Waals surface area contributed by atoms with Gasteiger partial charge in [0.05, 0.1) is 0 Å². The summed E-state index contributed by atoms with van der Waals surface area (Å²) in [5.41, 5.74) is 24.8. The predicted octanol–water partition coefficient (Wildman–Crippen LogP) is -1.06. The van der Waals surface area contributed by atoms with Crippen molar-refractivity contribution in [1.29, 1.82) is 0 Å². The number of hydrogen-bond donors (Lipinski definition) is 9. The lowest BCUT2D eigenvalue weighted by atomic mass is 10.1. The van der Waals surface area contributed by atoms with Crippen molar-refractivity contribution in [3.05, 3.63) is 0 Å². The maximum atomic E-state index is 10.1. The fourth-order valence-electron chi connectivity index (χ4n) is 1.33. The molecule has 0 fully saturated rings. The van der Waals surface area contributed by atoms with E-state index in [1.54, 1.807) is 0 Å². The Morgan fingerprint density at radius 2 is 1.17 bits per heavy atom. The summed E-state index contributed by atoms with van der Waals surface area (Å²) in [7, 11) is 0. The first-order chi connectivity index (χ1) is 11.5. The van der Waals surface area contributed by atoms with Crippen LogP contribution >= 0.6 is 0 Å². The van der Waals surface area contributed by atoms with Crippen molar-refractivity contribution >= 4 is 5.97 Å². The van der Waals surface area contributed by atoms with Gasteiger partial charge in [-0.3, -0.25) is 4.79 Å². The molecule has 0 amide bonds. The zero-order chi connectivity index (χ0) is 19.1. The van der Waals surface area contributed by atoms with Crippen molar-refractivity contribution in [2.45, 2.75) is 51.0 Å². The lowest BCUT2D eigenvalue weighted by Crippen LogP contribution is -2.29. The van der Waals surface area contributed by atoms with Gasteiger partial charge < -0.3 is 38.5 Å². The van der Waals surface area contributed by atoms with Gasteiger partial charge in [0.1, 0.15) is 6.04 Å². The largest absolute Gasteiger partial charge is 0.480 e. The van der Waals surface area contributed by atoms with Crippen LogP contribution in [0.25, 0.3) is 0 Å². The third kappa shape index (κ3) is 32.9. The van der Waals surface area contributed by atoms with E-state index in [9.17, 15) is 4.79 Å². The fourth-order valence-corrected chi connectivity index (χ4v) is 1.33. The number of unbranched alkanes of at least 4 members (excludes halogenated alkanes) is 3. The van der Waals surface area contributed by atoms with Crippen LogP contribution in [0, 0.1) is 0 Å². The number of carbonyl (C=O) groups is 1. The van der Waals surface area contributed by atoms with Gasteiger partial charge in [-0.2, -0.15) is 0 Å². The molecule has 1 unspecified atom stereocenters. The van der Waals surface area contributed by atoms with Gasteiger partial charge in [0.15, 0.2) is 0 Å². The van der Waals surface area contributed by atoms with Gasteiger partial charge in [-0.05, 0) is 58.2 Å². The molecule has 0 aliphatic rings. The Balaban J connectivity index is -0.000000283. The summed E-state index contributed by atoms with van der Waals surface area (Å²) in [5, 5.41) is 24.3. The first-order valence-electron chi connectivity index (χ1n) is 8.34. The lowest BCUT2D eigenvalue weighted by molar-refractivity contribution is -0.138. The average molecular weight is 354 g/mol. The first kappa shape index (κ1) is 28.0. The van der Waals surface area contributed by atoms with E-state index < -0.39 is 12.0 Å². The van der Waals surface area contributed by atoms with E-state index in [4.69, 9.17) is 38.5 Å². The molecular formula is C14H38N6O4. The molecule has 0 aromatic carbocycles. The topological polar surface area (TPSA) is 206 Å². The normalized spacial score (nSPS) is 10.9. The molecule has 0 spiro atoms. The van der Waals surface area contributed by atoms with Crippen LogP contribution < -0.4 is 33.9 Å². The van der Waals surface area contributed by atoms with Crippen LogP contribution in [0.3, 0.4) is 0 Å². The molecule has 0 rings (SSSR count). The summed E-state index contributed by atoms with van der Waals surface area (Å²) >= 11 is 0. The summed E-state index contributed by atoms with van der Waals surface area (Å²) in [6.07, 6.45) is 6.03. The monoisotopic (exact) mass is 354 g/mol. The number of carboxylic acids is 1.